The summed E-state index contributed by atoms with van der Waals surface area (Å²) in [6.45, 7) is 0.322. The van der Waals surface area contributed by atoms with Crippen molar-refractivity contribution in [1.29, 1.82) is 0 Å². The molecule has 42 heavy (non-hydrogen) atoms. The van der Waals surface area contributed by atoms with Crippen LogP contribution in [-0.4, -0.2) is 65.7 Å². The van der Waals surface area contributed by atoms with E-state index < -0.39 is 41.6 Å². The Labute approximate surface area is 253 Å². The molecule has 0 unspecified atom stereocenters. The number of anilines is 1. The molecule has 2 N–H and O–H groups in total. The minimum atomic E-state index is -1.28. The highest BCUT2D eigenvalue weighted by Gasteiger charge is 2.73. The monoisotopic (exact) mass is 611 g/mol. The lowest BCUT2D eigenvalue weighted by molar-refractivity contribution is -0.143. The van der Waals surface area contributed by atoms with Crippen molar-refractivity contribution in [3.63, 3.8) is 0 Å². The van der Waals surface area contributed by atoms with E-state index in [0.29, 0.717) is 27.2 Å². The predicted molar refractivity (Wildman–Crippen MR) is 156 cm³/mol. The maximum absolute atomic E-state index is 14.3. The minimum absolute atomic E-state index is 0.0362. The summed E-state index contributed by atoms with van der Waals surface area (Å²) in [5, 5.41) is 6.81. The van der Waals surface area contributed by atoms with E-state index in [9.17, 15) is 14.4 Å². The highest BCUT2D eigenvalue weighted by Crippen LogP contribution is 2.55. The number of likely N-dealkylation sites (tertiary alicyclic amines) is 1. The fourth-order valence-electron chi connectivity index (χ4n) is 7.21. The van der Waals surface area contributed by atoms with Gasteiger partial charge in [-0.1, -0.05) is 66.7 Å². The van der Waals surface area contributed by atoms with E-state index in [1.807, 2.05) is 24.3 Å². The Morgan fingerprint density at radius 1 is 1.00 bits per heavy atom. The normalized spacial score (nSPS) is 31.2. The summed E-state index contributed by atoms with van der Waals surface area (Å²) in [6.07, 6.45) is 7.47. The molecule has 5 aliphatic rings. The van der Waals surface area contributed by atoms with Crippen molar-refractivity contribution in [2.24, 2.45) is 11.8 Å². The van der Waals surface area contributed by atoms with Gasteiger partial charge in [-0.05, 0) is 43.2 Å². The zero-order chi connectivity index (χ0) is 29.0. The molecule has 7 rings (SSSR count). The van der Waals surface area contributed by atoms with Crippen molar-refractivity contribution in [2.45, 2.75) is 62.0 Å². The standard InChI is InChI=1S/C31H31Cl2N3O6/c32-17-12-18(33)14-20(13-17)35-28(37)25-24-10-11-31(42-24)26(25)30(39)36(27(31)29(38)34-19-6-2-1-3-7-19)15-21-16-40-22-8-4-5-9-23(22)41-21/h4-5,8-14,19,21,24-27H,1-3,6-7,15-16H2,(H,34,38)(H,35,37)/t21-,24+,25-,26+,27-,31+/m0/s1. The molecule has 1 saturated carbocycles. The molecule has 6 atom stereocenters. The summed E-state index contributed by atoms with van der Waals surface area (Å²) >= 11 is 12.3. The number of hydrogen-bond acceptors (Lipinski definition) is 6. The van der Waals surface area contributed by atoms with Gasteiger partial charge in [0, 0.05) is 21.8 Å². The second-order valence-electron chi connectivity index (χ2n) is 11.7. The zero-order valence-electron chi connectivity index (χ0n) is 22.8. The lowest BCUT2D eigenvalue weighted by Crippen LogP contribution is -2.58. The molecule has 0 aromatic heterocycles. The van der Waals surface area contributed by atoms with Crippen LogP contribution in [-0.2, 0) is 19.1 Å². The number of halogens is 2. The molecule has 220 valence electrons. The molecule has 2 aromatic rings. The highest BCUT2D eigenvalue weighted by molar-refractivity contribution is 6.35. The van der Waals surface area contributed by atoms with Crippen LogP contribution in [0.5, 0.6) is 11.5 Å². The lowest BCUT2D eigenvalue weighted by atomic mass is 9.74. The van der Waals surface area contributed by atoms with Crippen LogP contribution in [0.1, 0.15) is 32.1 Å². The van der Waals surface area contributed by atoms with Gasteiger partial charge in [-0.2, -0.15) is 0 Å². The topological polar surface area (TPSA) is 106 Å². The van der Waals surface area contributed by atoms with Gasteiger partial charge in [0.2, 0.25) is 17.7 Å². The van der Waals surface area contributed by atoms with Crippen LogP contribution in [0.15, 0.2) is 54.6 Å². The van der Waals surface area contributed by atoms with E-state index >= 15 is 0 Å². The van der Waals surface area contributed by atoms with Gasteiger partial charge < -0.3 is 29.7 Å². The molecule has 4 aliphatic heterocycles. The number of carbonyl (C=O) groups is 3. The van der Waals surface area contributed by atoms with E-state index in [-0.39, 0.29) is 31.0 Å². The molecular weight excluding hydrogens is 581 g/mol. The summed E-state index contributed by atoms with van der Waals surface area (Å²) in [4.78, 5) is 43.6. The molecule has 3 amide bonds. The Kier molecular flexibility index (Phi) is 7.07. The van der Waals surface area contributed by atoms with Gasteiger partial charge in [0.05, 0.1) is 24.5 Å². The van der Waals surface area contributed by atoms with Crippen molar-refractivity contribution >= 4 is 46.6 Å². The van der Waals surface area contributed by atoms with Crippen molar-refractivity contribution in [1.82, 2.24) is 10.2 Å². The first kappa shape index (κ1) is 27.6. The van der Waals surface area contributed by atoms with Crippen LogP contribution in [0.2, 0.25) is 10.0 Å². The van der Waals surface area contributed by atoms with Crippen molar-refractivity contribution < 1.29 is 28.6 Å². The second kappa shape index (κ2) is 10.8. The van der Waals surface area contributed by atoms with Crippen LogP contribution in [0, 0.1) is 11.8 Å². The summed E-state index contributed by atoms with van der Waals surface area (Å²) in [5.41, 5.74) is -0.860. The molecule has 3 fully saturated rings. The molecule has 11 heteroatoms. The fourth-order valence-corrected chi connectivity index (χ4v) is 7.74. The molecule has 2 saturated heterocycles. The Morgan fingerprint density at radius 3 is 2.50 bits per heavy atom. The third-order valence-electron chi connectivity index (χ3n) is 8.97. The van der Waals surface area contributed by atoms with Gasteiger partial charge in [-0.15, -0.1) is 0 Å². The highest BCUT2D eigenvalue weighted by atomic mass is 35.5. The first-order valence-corrected chi connectivity index (χ1v) is 15.2. The number of benzene rings is 2. The maximum Gasteiger partial charge on any atom is 0.246 e. The fraction of sp³-hybridized carbons (Fsp3) is 0.452. The summed E-state index contributed by atoms with van der Waals surface area (Å²) in [7, 11) is 0. The van der Waals surface area contributed by atoms with Gasteiger partial charge in [0.1, 0.15) is 18.2 Å². The van der Waals surface area contributed by atoms with Crippen LogP contribution >= 0.6 is 23.2 Å². The molecule has 2 aromatic carbocycles. The molecule has 1 aliphatic carbocycles. The Bertz CT molecular complexity index is 1440. The summed E-state index contributed by atoms with van der Waals surface area (Å²) in [5.74, 6) is -1.52. The van der Waals surface area contributed by atoms with Gasteiger partial charge >= 0.3 is 0 Å². The van der Waals surface area contributed by atoms with E-state index in [1.165, 1.54) is 4.90 Å². The minimum Gasteiger partial charge on any atom is -0.486 e. The average molecular weight is 613 g/mol. The van der Waals surface area contributed by atoms with Crippen molar-refractivity contribution in [2.75, 3.05) is 18.5 Å². The van der Waals surface area contributed by atoms with Crippen LogP contribution in [0.3, 0.4) is 0 Å². The number of fused-ring (bicyclic) bond motifs is 2. The number of nitrogens with one attached hydrogen (secondary N) is 2. The van der Waals surface area contributed by atoms with Crippen LogP contribution in [0.4, 0.5) is 5.69 Å². The number of nitrogens with zero attached hydrogens (tertiary/aromatic N) is 1. The number of hydrogen-bond donors (Lipinski definition) is 2. The number of amides is 3. The second-order valence-corrected chi connectivity index (χ2v) is 12.6. The molecule has 4 heterocycles. The first-order chi connectivity index (χ1) is 20.3. The van der Waals surface area contributed by atoms with Gasteiger partial charge in [0.15, 0.2) is 17.6 Å². The maximum atomic E-state index is 14.3. The van der Waals surface area contributed by atoms with E-state index in [0.717, 1.165) is 32.1 Å². The first-order valence-electron chi connectivity index (χ1n) is 14.5. The number of carbonyl (C=O) groups excluding carboxylic acids is 3. The van der Waals surface area contributed by atoms with Crippen molar-refractivity contribution in [3.05, 3.63) is 64.7 Å². The SMILES string of the molecule is O=C(Nc1cc(Cl)cc(Cl)c1)[C@H]1[C@H]2C=C[C@]3(O2)[C@H](C(=O)NC2CCCCC2)N(C[C@H]2COc4ccccc4O2)C(=O)[C@@H]13. The largest absolute Gasteiger partial charge is 0.486 e. The number of para-hydroxylation sites is 2. The number of rotatable bonds is 6. The lowest BCUT2D eigenvalue weighted by Gasteiger charge is -2.36. The quantitative estimate of drug-likeness (QED) is 0.470. The number of ether oxygens (including phenoxy) is 3. The molecule has 0 radical (unpaired) electrons. The zero-order valence-corrected chi connectivity index (χ0v) is 24.3. The molecular formula is C31H31Cl2N3O6. The predicted octanol–water partition coefficient (Wildman–Crippen LogP) is 4.37. The third-order valence-corrected chi connectivity index (χ3v) is 9.41. The third kappa shape index (κ3) is 4.71. The van der Waals surface area contributed by atoms with Gasteiger partial charge in [0.25, 0.3) is 0 Å². The summed E-state index contributed by atoms with van der Waals surface area (Å²) in [6, 6.07) is 11.2. The van der Waals surface area contributed by atoms with E-state index in [4.69, 9.17) is 37.4 Å². The molecule has 2 bridgehead atoms. The molecule has 9 nitrogen and oxygen atoms in total. The van der Waals surface area contributed by atoms with Gasteiger partial charge in [-0.25, -0.2) is 0 Å². The Balaban J connectivity index is 1.19. The van der Waals surface area contributed by atoms with Crippen LogP contribution < -0.4 is 20.1 Å². The van der Waals surface area contributed by atoms with Gasteiger partial charge in [-0.3, -0.25) is 14.4 Å². The average Bonchev–Trinajstić information content (AvgIpc) is 3.60. The van der Waals surface area contributed by atoms with E-state index in [1.54, 1.807) is 30.4 Å². The van der Waals surface area contributed by atoms with Crippen molar-refractivity contribution in [3.8, 4) is 11.5 Å². The van der Waals surface area contributed by atoms with Crippen LogP contribution in [0.25, 0.3) is 0 Å². The summed E-state index contributed by atoms with van der Waals surface area (Å²) < 4.78 is 18.5. The Hall–Kier alpha value is -3.27. The molecule has 1 spiro atoms. The smallest absolute Gasteiger partial charge is 0.246 e. The van der Waals surface area contributed by atoms with E-state index in [2.05, 4.69) is 10.6 Å². The Morgan fingerprint density at radius 2 is 1.74 bits per heavy atom.